The van der Waals surface area contributed by atoms with Gasteiger partial charge in [-0.3, -0.25) is 4.98 Å². The number of hydrogen-bond acceptors (Lipinski definition) is 3. The first-order valence-electron chi connectivity index (χ1n) is 4.59. The van der Waals surface area contributed by atoms with Gasteiger partial charge >= 0.3 is 0 Å². The van der Waals surface area contributed by atoms with Crippen LogP contribution in [-0.4, -0.2) is 15.9 Å². The molecule has 1 N–H and O–H groups in total. The molecule has 0 aliphatic carbocycles. The molecule has 15 heavy (non-hydrogen) atoms. The third kappa shape index (κ3) is 2.02. The first kappa shape index (κ1) is 9.40. The van der Waals surface area contributed by atoms with Crippen molar-refractivity contribution in [3.8, 4) is 0 Å². The molecule has 2 aromatic rings. The fourth-order valence-corrected chi connectivity index (χ4v) is 1.38. The standard InChI is InChI=1S/C12H10N2O/c15-14-12(10-5-2-1-3-6-10)11-7-4-8-13-9-11/h1-9,15H/b14-12+. The first-order chi connectivity index (χ1) is 7.42. The van der Waals surface area contributed by atoms with Crippen LogP contribution < -0.4 is 0 Å². The Morgan fingerprint density at radius 3 is 2.33 bits per heavy atom. The topological polar surface area (TPSA) is 45.5 Å². The molecule has 1 aromatic heterocycles. The van der Waals surface area contributed by atoms with Crippen LogP contribution in [0.3, 0.4) is 0 Å². The first-order valence-corrected chi connectivity index (χ1v) is 4.59. The van der Waals surface area contributed by atoms with Crippen LogP contribution in [0, 0.1) is 0 Å². The van der Waals surface area contributed by atoms with E-state index in [2.05, 4.69) is 10.1 Å². The van der Waals surface area contributed by atoms with Crippen LogP contribution in [-0.2, 0) is 0 Å². The Morgan fingerprint density at radius 2 is 1.73 bits per heavy atom. The molecule has 0 radical (unpaired) electrons. The average molecular weight is 198 g/mol. The highest BCUT2D eigenvalue weighted by molar-refractivity contribution is 6.12. The van der Waals surface area contributed by atoms with Gasteiger partial charge < -0.3 is 5.21 Å². The Kier molecular flexibility index (Phi) is 2.74. The van der Waals surface area contributed by atoms with Crippen LogP contribution in [0.4, 0.5) is 0 Å². The maximum atomic E-state index is 8.99. The van der Waals surface area contributed by atoms with Gasteiger partial charge in [-0.05, 0) is 12.1 Å². The largest absolute Gasteiger partial charge is 0.410 e. The van der Waals surface area contributed by atoms with E-state index < -0.39 is 0 Å². The van der Waals surface area contributed by atoms with Gasteiger partial charge in [0.25, 0.3) is 0 Å². The fourth-order valence-electron chi connectivity index (χ4n) is 1.38. The van der Waals surface area contributed by atoms with Crippen molar-refractivity contribution < 1.29 is 5.21 Å². The summed E-state index contributed by atoms with van der Waals surface area (Å²) in [5, 5.41) is 12.3. The third-order valence-corrected chi connectivity index (χ3v) is 2.08. The molecule has 3 heteroatoms. The molecule has 0 aliphatic rings. The number of pyridine rings is 1. The van der Waals surface area contributed by atoms with E-state index in [0.29, 0.717) is 5.71 Å². The molecule has 0 saturated heterocycles. The molecule has 0 aliphatic heterocycles. The van der Waals surface area contributed by atoms with Gasteiger partial charge in [0.15, 0.2) is 0 Å². The number of aromatic nitrogens is 1. The monoisotopic (exact) mass is 198 g/mol. The van der Waals surface area contributed by atoms with Crippen molar-refractivity contribution in [1.29, 1.82) is 0 Å². The van der Waals surface area contributed by atoms with E-state index in [1.54, 1.807) is 12.4 Å². The average Bonchev–Trinajstić information content (AvgIpc) is 2.33. The maximum absolute atomic E-state index is 8.99. The van der Waals surface area contributed by atoms with Gasteiger partial charge in [-0.15, -0.1) is 0 Å². The predicted molar refractivity (Wildman–Crippen MR) is 58.1 cm³/mol. The number of rotatable bonds is 2. The van der Waals surface area contributed by atoms with E-state index in [4.69, 9.17) is 5.21 Å². The van der Waals surface area contributed by atoms with Crippen molar-refractivity contribution in [2.24, 2.45) is 5.16 Å². The third-order valence-electron chi connectivity index (χ3n) is 2.08. The van der Waals surface area contributed by atoms with E-state index in [0.717, 1.165) is 11.1 Å². The second kappa shape index (κ2) is 4.37. The van der Waals surface area contributed by atoms with Crippen molar-refractivity contribution in [3.63, 3.8) is 0 Å². The molecule has 0 saturated carbocycles. The summed E-state index contributed by atoms with van der Waals surface area (Å²) in [5.41, 5.74) is 2.20. The highest BCUT2D eigenvalue weighted by Crippen LogP contribution is 2.08. The Hall–Kier alpha value is -2.16. The number of hydrogen-bond donors (Lipinski definition) is 1. The Bertz CT molecular complexity index is 410. The Labute approximate surface area is 87.7 Å². The molecule has 0 spiro atoms. The van der Waals surface area contributed by atoms with Gasteiger partial charge in [0.05, 0.1) is 0 Å². The minimum absolute atomic E-state index is 0.531. The second-order valence-electron chi connectivity index (χ2n) is 3.06. The maximum Gasteiger partial charge on any atom is 0.118 e. The molecule has 0 fully saturated rings. The van der Waals surface area contributed by atoms with Crippen LogP contribution in [0.15, 0.2) is 60.0 Å². The lowest BCUT2D eigenvalue weighted by atomic mass is 10.0. The summed E-state index contributed by atoms with van der Waals surface area (Å²) in [6.45, 7) is 0. The molecule has 0 atom stereocenters. The zero-order valence-corrected chi connectivity index (χ0v) is 8.04. The molecule has 0 unspecified atom stereocenters. The highest BCUT2D eigenvalue weighted by Gasteiger charge is 2.06. The lowest BCUT2D eigenvalue weighted by Crippen LogP contribution is -2.03. The van der Waals surface area contributed by atoms with Gasteiger partial charge in [0.2, 0.25) is 0 Å². The van der Waals surface area contributed by atoms with Gasteiger partial charge in [-0.25, -0.2) is 0 Å². The molecular weight excluding hydrogens is 188 g/mol. The molecule has 2 rings (SSSR count). The Morgan fingerprint density at radius 1 is 1.00 bits per heavy atom. The van der Waals surface area contributed by atoms with Gasteiger partial charge in [0, 0.05) is 23.5 Å². The van der Waals surface area contributed by atoms with Crippen molar-refractivity contribution in [2.45, 2.75) is 0 Å². The number of nitrogens with zero attached hydrogens (tertiary/aromatic N) is 2. The lowest BCUT2D eigenvalue weighted by Gasteiger charge is -2.03. The van der Waals surface area contributed by atoms with Crippen LogP contribution in [0.2, 0.25) is 0 Å². The van der Waals surface area contributed by atoms with Crippen LogP contribution in [0.1, 0.15) is 11.1 Å². The molecule has 1 aromatic carbocycles. The van der Waals surface area contributed by atoms with Gasteiger partial charge in [0.1, 0.15) is 5.71 Å². The van der Waals surface area contributed by atoms with Crippen molar-refractivity contribution in [3.05, 3.63) is 66.0 Å². The van der Waals surface area contributed by atoms with Crippen molar-refractivity contribution >= 4 is 5.71 Å². The van der Waals surface area contributed by atoms with E-state index >= 15 is 0 Å². The highest BCUT2D eigenvalue weighted by atomic mass is 16.4. The smallest absolute Gasteiger partial charge is 0.118 e. The molecule has 1 heterocycles. The van der Waals surface area contributed by atoms with E-state index in [1.807, 2.05) is 42.5 Å². The van der Waals surface area contributed by atoms with E-state index in [1.165, 1.54) is 0 Å². The van der Waals surface area contributed by atoms with Crippen molar-refractivity contribution in [2.75, 3.05) is 0 Å². The summed E-state index contributed by atoms with van der Waals surface area (Å²) in [5.74, 6) is 0. The zero-order chi connectivity index (χ0) is 10.5. The SMILES string of the molecule is O/N=C(\c1ccccc1)c1cccnc1. The Balaban J connectivity index is 2.44. The van der Waals surface area contributed by atoms with Crippen LogP contribution in [0.5, 0.6) is 0 Å². The molecule has 74 valence electrons. The molecule has 3 nitrogen and oxygen atoms in total. The summed E-state index contributed by atoms with van der Waals surface area (Å²) in [7, 11) is 0. The minimum atomic E-state index is 0.531. The van der Waals surface area contributed by atoms with Crippen LogP contribution >= 0.6 is 0 Å². The van der Waals surface area contributed by atoms with Crippen LogP contribution in [0.25, 0.3) is 0 Å². The quantitative estimate of drug-likeness (QED) is 0.457. The summed E-state index contributed by atoms with van der Waals surface area (Å²) < 4.78 is 0. The van der Waals surface area contributed by atoms with Crippen molar-refractivity contribution in [1.82, 2.24) is 4.98 Å². The fraction of sp³-hybridized carbons (Fsp3) is 0. The van der Waals surface area contributed by atoms with Gasteiger partial charge in [-0.2, -0.15) is 0 Å². The number of benzene rings is 1. The molecular formula is C12H10N2O. The summed E-state index contributed by atoms with van der Waals surface area (Å²) in [4.78, 5) is 3.99. The molecule has 0 bridgehead atoms. The molecule has 0 amide bonds. The zero-order valence-electron chi connectivity index (χ0n) is 8.04. The summed E-state index contributed by atoms with van der Waals surface area (Å²) in [6.07, 6.45) is 3.35. The van der Waals surface area contributed by atoms with E-state index in [-0.39, 0.29) is 0 Å². The minimum Gasteiger partial charge on any atom is -0.410 e. The lowest BCUT2D eigenvalue weighted by molar-refractivity contribution is 0.319. The predicted octanol–water partition coefficient (Wildman–Crippen LogP) is 2.31. The van der Waals surface area contributed by atoms with Gasteiger partial charge in [-0.1, -0.05) is 35.5 Å². The second-order valence-corrected chi connectivity index (χ2v) is 3.06. The number of oxime groups is 1. The summed E-state index contributed by atoms with van der Waals surface area (Å²) >= 11 is 0. The summed E-state index contributed by atoms with van der Waals surface area (Å²) in [6, 6.07) is 13.2. The normalized spacial score (nSPS) is 11.3. The van der Waals surface area contributed by atoms with E-state index in [9.17, 15) is 0 Å².